The Morgan fingerprint density at radius 3 is 2.36 bits per heavy atom. The molecule has 0 bridgehead atoms. The van der Waals surface area contributed by atoms with Crippen LogP contribution in [0.25, 0.3) is 11.2 Å². The minimum atomic E-state index is -0.246. The molecule has 0 spiro atoms. The minimum Gasteiger partial charge on any atom is -0.325 e. The molecule has 1 aliphatic heterocycles. The van der Waals surface area contributed by atoms with E-state index in [0.717, 1.165) is 44.6 Å². The summed E-state index contributed by atoms with van der Waals surface area (Å²) in [5.74, 6) is 1.38. The predicted octanol–water partition coefficient (Wildman–Crippen LogP) is 0.236. The molecule has 0 radical (unpaired) electrons. The van der Waals surface area contributed by atoms with Crippen molar-refractivity contribution in [1.29, 1.82) is 0 Å². The molecule has 0 amide bonds. The smallest absolute Gasteiger partial charge is 0.325 e. The van der Waals surface area contributed by atoms with Crippen LogP contribution in [-0.4, -0.2) is 31.8 Å². The SMILES string of the molecule is Cn1c(C2CC2)nc2c1c(=O)n(C1CCNCC1)c(=O)n2C. The van der Waals surface area contributed by atoms with Crippen molar-refractivity contribution in [2.75, 3.05) is 13.1 Å². The molecule has 4 rings (SSSR count). The number of aryl methyl sites for hydroxylation is 2. The van der Waals surface area contributed by atoms with Gasteiger partial charge in [0.05, 0.1) is 0 Å². The van der Waals surface area contributed by atoms with E-state index in [-0.39, 0.29) is 17.3 Å². The maximum atomic E-state index is 12.9. The van der Waals surface area contributed by atoms with E-state index in [4.69, 9.17) is 0 Å². The minimum absolute atomic E-state index is 0.0175. The van der Waals surface area contributed by atoms with Crippen molar-refractivity contribution in [2.45, 2.75) is 37.6 Å². The van der Waals surface area contributed by atoms with E-state index in [0.29, 0.717) is 17.1 Å². The van der Waals surface area contributed by atoms with E-state index in [1.165, 1.54) is 9.13 Å². The summed E-state index contributed by atoms with van der Waals surface area (Å²) in [6.07, 6.45) is 3.86. The van der Waals surface area contributed by atoms with Crippen molar-refractivity contribution < 1.29 is 0 Å². The Bertz CT molecular complexity index is 849. The summed E-state index contributed by atoms with van der Waals surface area (Å²) in [5, 5.41) is 3.27. The van der Waals surface area contributed by atoms with Crippen LogP contribution in [0.1, 0.15) is 43.5 Å². The fourth-order valence-corrected chi connectivity index (χ4v) is 3.52. The number of rotatable bonds is 2. The number of hydrogen-bond donors (Lipinski definition) is 1. The normalized spacial score (nSPS) is 19.9. The average molecular weight is 303 g/mol. The van der Waals surface area contributed by atoms with Gasteiger partial charge in [-0.2, -0.15) is 0 Å². The Kier molecular flexibility index (Phi) is 3.00. The van der Waals surface area contributed by atoms with Crippen molar-refractivity contribution in [1.82, 2.24) is 24.0 Å². The Balaban J connectivity index is 1.99. The third-order valence-corrected chi connectivity index (χ3v) is 4.96. The Labute approximate surface area is 127 Å². The number of aromatic nitrogens is 4. The number of hydrogen-bond acceptors (Lipinski definition) is 4. The fraction of sp³-hybridized carbons (Fsp3) is 0.667. The fourth-order valence-electron chi connectivity index (χ4n) is 3.52. The molecule has 3 heterocycles. The standard InChI is InChI=1S/C15H21N5O2/c1-18-11-13(17-12(18)9-3-4-9)19(2)15(22)20(14(11)21)10-5-7-16-8-6-10/h9-10,16H,3-8H2,1-2H3. The largest absolute Gasteiger partial charge is 0.332 e. The molecule has 2 fully saturated rings. The monoisotopic (exact) mass is 303 g/mol. The van der Waals surface area contributed by atoms with Gasteiger partial charge in [0.15, 0.2) is 11.2 Å². The molecule has 0 unspecified atom stereocenters. The van der Waals surface area contributed by atoms with Crippen LogP contribution in [0.3, 0.4) is 0 Å². The number of fused-ring (bicyclic) bond motifs is 1. The Morgan fingerprint density at radius 2 is 1.73 bits per heavy atom. The summed E-state index contributed by atoms with van der Waals surface area (Å²) < 4.78 is 4.87. The number of imidazole rings is 1. The molecule has 118 valence electrons. The molecule has 1 saturated heterocycles. The van der Waals surface area contributed by atoms with E-state index in [2.05, 4.69) is 10.3 Å². The van der Waals surface area contributed by atoms with E-state index >= 15 is 0 Å². The van der Waals surface area contributed by atoms with Crippen LogP contribution in [-0.2, 0) is 14.1 Å². The van der Waals surface area contributed by atoms with Gasteiger partial charge in [-0.15, -0.1) is 0 Å². The highest BCUT2D eigenvalue weighted by atomic mass is 16.2. The molecule has 7 heteroatoms. The van der Waals surface area contributed by atoms with Gasteiger partial charge in [-0.3, -0.25) is 13.9 Å². The maximum absolute atomic E-state index is 12.9. The molecule has 1 N–H and O–H groups in total. The molecule has 1 aliphatic carbocycles. The lowest BCUT2D eigenvalue weighted by Gasteiger charge is -2.24. The highest BCUT2D eigenvalue weighted by molar-refractivity contribution is 5.71. The maximum Gasteiger partial charge on any atom is 0.332 e. The zero-order chi connectivity index (χ0) is 15.4. The van der Waals surface area contributed by atoms with E-state index in [9.17, 15) is 9.59 Å². The molecule has 0 aromatic carbocycles. The van der Waals surface area contributed by atoms with E-state index < -0.39 is 0 Å². The molecular weight excluding hydrogens is 282 g/mol. The van der Waals surface area contributed by atoms with Gasteiger partial charge in [-0.05, 0) is 38.8 Å². The summed E-state index contributed by atoms with van der Waals surface area (Å²) in [7, 11) is 3.60. The van der Waals surface area contributed by atoms with Crippen molar-refractivity contribution in [3.8, 4) is 0 Å². The lowest BCUT2D eigenvalue weighted by Crippen LogP contribution is -2.44. The van der Waals surface area contributed by atoms with Crippen LogP contribution >= 0.6 is 0 Å². The van der Waals surface area contributed by atoms with E-state index in [1.807, 2.05) is 11.6 Å². The third kappa shape index (κ3) is 1.88. The molecule has 2 aromatic heterocycles. The van der Waals surface area contributed by atoms with Crippen LogP contribution in [0.15, 0.2) is 9.59 Å². The quantitative estimate of drug-likeness (QED) is 0.862. The second-order valence-corrected chi connectivity index (χ2v) is 6.47. The van der Waals surface area contributed by atoms with Gasteiger partial charge in [-0.1, -0.05) is 0 Å². The van der Waals surface area contributed by atoms with E-state index in [1.54, 1.807) is 7.05 Å². The van der Waals surface area contributed by atoms with Gasteiger partial charge in [0.25, 0.3) is 5.56 Å². The summed E-state index contributed by atoms with van der Waals surface area (Å²) in [5.41, 5.74) is 0.642. The van der Waals surface area contributed by atoms with Crippen molar-refractivity contribution in [3.63, 3.8) is 0 Å². The Morgan fingerprint density at radius 1 is 1.05 bits per heavy atom. The van der Waals surface area contributed by atoms with Crippen molar-refractivity contribution in [3.05, 3.63) is 26.7 Å². The summed E-state index contributed by atoms with van der Waals surface area (Å²) in [6, 6.07) is -0.0175. The zero-order valence-corrected chi connectivity index (χ0v) is 13.0. The lowest BCUT2D eigenvalue weighted by molar-refractivity contribution is 0.347. The van der Waals surface area contributed by atoms with Crippen LogP contribution in [0, 0.1) is 0 Å². The molecule has 7 nitrogen and oxygen atoms in total. The molecule has 22 heavy (non-hydrogen) atoms. The van der Waals surface area contributed by atoms with Gasteiger partial charge in [0, 0.05) is 26.1 Å². The highest BCUT2D eigenvalue weighted by Crippen LogP contribution is 2.39. The zero-order valence-electron chi connectivity index (χ0n) is 13.0. The summed E-state index contributed by atoms with van der Waals surface area (Å²) in [6.45, 7) is 1.69. The first-order chi connectivity index (χ1) is 10.6. The molecule has 2 aromatic rings. The first-order valence-corrected chi connectivity index (χ1v) is 7.98. The van der Waals surface area contributed by atoms with Gasteiger partial charge < -0.3 is 9.88 Å². The van der Waals surface area contributed by atoms with Gasteiger partial charge in [-0.25, -0.2) is 9.78 Å². The van der Waals surface area contributed by atoms with Crippen LogP contribution in [0.5, 0.6) is 0 Å². The van der Waals surface area contributed by atoms with Crippen LogP contribution in [0.4, 0.5) is 0 Å². The van der Waals surface area contributed by atoms with Gasteiger partial charge in [0.1, 0.15) is 5.82 Å². The number of nitrogens with one attached hydrogen (secondary N) is 1. The first-order valence-electron chi connectivity index (χ1n) is 7.98. The Hall–Kier alpha value is -1.89. The van der Waals surface area contributed by atoms with Crippen LogP contribution in [0.2, 0.25) is 0 Å². The summed E-state index contributed by atoms with van der Waals surface area (Å²) >= 11 is 0. The topological polar surface area (TPSA) is 73.8 Å². The van der Waals surface area contributed by atoms with Gasteiger partial charge >= 0.3 is 5.69 Å². The predicted molar refractivity (Wildman–Crippen MR) is 83.3 cm³/mol. The molecule has 0 atom stereocenters. The van der Waals surface area contributed by atoms with Crippen LogP contribution < -0.4 is 16.6 Å². The second kappa shape index (κ2) is 4.81. The molecule has 2 aliphatic rings. The lowest BCUT2D eigenvalue weighted by atomic mass is 10.1. The second-order valence-electron chi connectivity index (χ2n) is 6.47. The molecule has 1 saturated carbocycles. The first kappa shape index (κ1) is 13.8. The van der Waals surface area contributed by atoms with Crippen molar-refractivity contribution in [2.24, 2.45) is 14.1 Å². The summed E-state index contributed by atoms with van der Waals surface area (Å²) in [4.78, 5) is 30.2. The number of nitrogens with zero attached hydrogens (tertiary/aromatic N) is 4. The van der Waals surface area contributed by atoms with Gasteiger partial charge in [0.2, 0.25) is 0 Å². The van der Waals surface area contributed by atoms with Crippen molar-refractivity contribution >= 4 is 11.2 Å². The number of piperidine rings is 1. The highest BCUT2D eigenvalue weighted by Gasteiger charge is 2.31. The third-order valence-electron chi connectivity index (χ3n) is 4.96. The average Bonchev–Trinajstić information content (AvgIpc) is 3.30. The molecular formula is C15H21N5O2.